The highest BCUT2D eigenvalue weighted by atomic mass is 35.5. The number of para-hydroxylation sites is 1. The van der Waals surface area contributed by atoms with E-state index in [2.05, 4.69) is 10.3 Å². The molecule has 0 saturated carbocycles. The van der Waals surface area contributed by atoms with Crippen LogP contribution in [-0.4, -0.2) is 17.5 Å². The zero-order valence-corrected chi connectivity index (χ0v) is 15.0. The third-order valence-electron chi connectivity index (χ3n) is 3.59. The van der Waals surface area contributed by atoms with Gasteiger partial charge in [-0.05, 0) is 36.8 Å². The summed E-state index contributed by atoms with van der Waals surface area (Å²) in [7, 11) is 0. The molecule has 0 aliphatic rings. The molecule has 0 unspecified atom stereocenters. The van der Waals surface area contributed by atoms with Gasteiger partial charge in [-0.25, -0.2) is 4.98 Å². The summed E-state index contributed by atoms with van der Waals surface area (Å²) in [6, 6.07) is 12.8. The summed E-state index contributed by atoms with van der Waals surface area (Å²) in [6.07, 6.45) is 0. The van der Waals surface area contributed by atoms with Gasteiger partial charge in [-0.2, -0.15) is 0 Å². The Balaban J connectivity index is 1.70. The number of hydrogen-bond acceptors (Lipinski definition) is 5. The monoisotopic (exact) mass is 373 g/mol. The number of ether oxygens (including phenoxy) is 1. The van der Waals surface area contributed by atoms with Crippen molar-refractivity contribution < 1.29 is 9.53 Å². The molecule has 1 heterocycles. The lowest BCUT2D eigenvalue weighted by Gasteiger charge is -2.12. The summed E-state index contributed by atoms with van der Waals surface area (Å²) < 4.78 is 5.68. The van der Waals surface area contributed by atoms with Crippen LogP contribution in [-0.2, 0) is 4.79 Å². The van der Waals surface area contributed by atoms with Crippen LogP contribution in [0, 0.1) is 6.92 Å². The molecule has 0 atom stereocenters. The van der Waals surface area contributed by atoms with E-state index in [4.69, 9.17) is 22.1 Å². The highest BCUT2D eigenvalue weighted by Crippen LogP contribution is 2.31. The number of amides is 1. The lowest BCUT2D eigenvalue weighted by atomic mass is 10.1. The molecule has 0 aliphatic carbocycles. The van der Waals surface area contributed by atoms with Crippen molar-refractivity contribution in [3.8, 4) is 17.0 Å². The van der Waals surface area contributed by atoms with Crippen molar-refractivity contribution in [3.63, 3.8) is 0 Å². The summed E-state index contributed by atoms with van der Waals surface area (Å²) >= 11 is 7.42. The lowest BCUT2D eigenvalue weighted by molar-refractivity contribution is -0.118. The largest absolute Gasteiger partial charge is 0.483 e. The summed E-state index contributed by atoms with van der Waals surface area (Å²) in [5, 5.41) is 5.74. The second-order valence-corrected chi connectivity index (χ2v) is 6.61. The molecule has 3 rings (SSSR count). The molecule has 3 N–H and O–H groups in total. The van der Waals surface area contributed by atoms with Crippen LogP contribution in [0.1, 0.15) is 5.56 Å². The molecule has 5 nitrogen and oxygen atoms in total. The van der Waals surface area contributed by atoms with Gasteiger partial charge in [-0.1, -0.05) is 29.8 Å². The minimum absolute atomic E-state index is 0.122. The van der Waals surface area contributed by atoms with E-state index in [-0.39, 0.29) is 12.5 Å². The average molecular weight is 374 g/mol. The van der Waals surface area contributed by atoms with Crippen molar-refractivity contribution in [1.29, 1.82) is 0 Å². The fourth-order valence-electron chi connectivity index (χ4n) is 2.29. The number of aromatic nitrogens is 1. The molecule has 3 aromatic rings. The molecule has 2 aromatic carbocycles. The van der Waals surface area contributed by atoms with Gasteiger partial charge in [0.25, 0.3) is 5.91 Å². The van der Waals surface area contributed by atoms with Crippen LogP contribution in [0.3, 0.4) is 0 Å². The fourth-order valence-corrected chi connectivity index (χ4v) is 3.03. The minimum atomic E-state index is -0.266. The predicted molar refractivity (Wildman–Crippen MR) is 102 cm³/mol. The summed E-state index contributed by atoms with van der Waals surface area (Å²) in [6.45, 7) is 1.73. The van der Waals surface area contributed by atoms with Crippen LogP contribution in [0.15, 0.2) is 47.8 Å². The van der Waals surface area contributed by atoms with Crippen LogP contribution in [0.2, 0.25) is 5.02 Å². The first kappa shape index (κ1) is 17.3. The van der Waals surface area contributed by atoms with Gasteiger partial charge in [0.05, 0.1) is 5.69 Å². The van der Waals surface area contributed by atoms with E-state index in [1.165, 1.54) is 11.3 Å². The smallest absolute Gasteiger partial charge is 0.262 e. The second kappa shape index (κ2) is 7.55. The molecular weight excluding hydrogens is 358 g/mol. The topological polar surface area (TPSA) is 77.2 Å². The number of nitrogens with two attached hydrogens (primary N) is 1. The van der Waals surface area contributed by atoms with E-state index in [9.17, 15) is 4.79 Å². The Morgan fingerprint density at radius 1 is 1.28 bits per heavy atom. The molecule has 0 saturated heterocycles. The molecule has 25 heavy (non-hydrogen) atoms. The normalized spacial score (nSPS) is 10.5. The van der Waals surface area contributed by atoms with Gasteiger partial charge in [0.15, 0.2) is 11.7 Å². The van der Waals surface area contributed by atoms with Crippen LogP contribution in [0.4, 0.5) is 10.8 Å². The summed E-state index contributed by atoms with van der Waals surface area (Å²) in [5.41, 5.74) is 8.70. The van der Waals surface area contributed by atoms with Crippen LogP contribution >= 0.6 is 22.9 Å². The molecule has 1 aromatic heterocycles. The third-order valence-corrected chi connectivity index (χ3v) is 4.67. The van der Waals surface area contributed by atoms with Crippen LogP contribution in [0.25, 0.3) is 11.3 Å². The lowest BCUT2D eigenvalue weighted by Crippen LogP contribution is -2.20. The second-order valence-electron chi connectivity index (χ2n) is 5.32. The number of nitrogen functional groups attached to an aromatic ring is 1. The maximum absolute atomic E-state index is 12.2. The van der Waals surface area contributed by atoms with E-state index >= 15 is 0 Å². The molecule has 0 spiro atoms. The molecule has 128 valence electrons. The maximum atomic E-state index is 12.2. The van der Waals surface area contributed by atoms with E-state index in [0.717, 1.165) is 16.8 Å². The SMILES string of the molecule is Cc1c(Cl)cccc1NC(=O)COc1ccccc1-c1csc(N)n1. The number of nitrogens with one attached hydrogen (secondary N) is 1. The average Bonchev–Trinajstić information content (AvgIpc) is 3.04. The van der Waals surface area contributed by atoms with Gasteiger partial charge in [0.1, 0.15) is 5.75 Å². The van der Waals surface area contributed by atoms with Crippen LogP contribution in [0.5, 0.6) is 5.75 Å². The van der Waals surface area contributed by atoms with E-state index < -0.39 is 0 Å². The number of hydrogen-bond donors (Lipinski definition) is 2. The van der Waals surface area contributed by atoms with Crippen LogP contribution < -0.4 is 15.8 Å². The Bertz CT molecular complexity index is 911. The van der Waals surface area contributed by atoms with E-state index in [1.54, 1.807) is 24.3 Å². The first-order valence-corrected chi connectivity index (χ1v) is 8.78. The first-order chi connectivity index (χ1) is 12.0. The highest BCUT2D eigenvalue weighted by molar-refractivity contribution is 7.13. The molecular formula is C18H16ClN3O2S. The highest BCUT2D eigenvalue weighted by Gasteiger charge is 2.12. The number of carbonyl (C=O) groups is 1. The molecule has 7 heteroatoms. The van der Waals surface area contributed by atoms with Gasteiger partial charge in [0.2, 0.25) is 0 Å². The number of benzene rings is 2. The van der Waals surface area contributed by atoms with Crippen molar-refractivity contribution >= 4 is 39.7 Å². The maximum Gasteiger partial charge on any atom is 0.262 e. The van der Waals surface area contributed by atoms with Crippen molar-refractivity contribution in [3.05, 3.63) is 58.4 Å². The summed E-state index contributed by atoms with van der Waals surface area (Å²) in [4.78, 5) is 16.4. The zero-order chi connectivity index (χ0) is 17.8. The van der Waals surface area contributed by atoms with Gasteiger partial charge < -0.3 is 15.8 Å². The van der Waals surface area contributed by atoms with E-state index in [0.29, 0.717) is 21.6 Å². The Morgan fingerprint density at radius 2 is 2.08 bits per heavy atom. The number of nitrogens with zero attached hydrogens (tertiary/aromatic N) is 1. The Hall–Kier alpha value is -2.57. The molecule has 0 fully saturated rings. The Labute approximate surface area is 154 Å². The van der Waals surface area contributed by atoms with E-state index in [1.807, 2.05) is 30.5 Å². The Morgan fingerprint density at radius 3 is 2.84 bits per heavy atom. The molecule has 0 radical (unpaired) electrons. The number of thiazole rings is 1. The molecule has 0 aliphatic heterocycles. The third kappa shape index (κ3) is 4.10. The minimum Gasteiger partial charge on any atom is -0.483 e. The quantitative estimate of drug-likeness (QED) is 0.696. The zero-order valence-electron chi connectivity index (χ0n) is 13.5. The first-order valence-electron chi connectivity index (χ1n) is 7.53. The van der Waals surface area contributed by atoms with Crippen molar-refractivity contribution in [1.82, 2.24) is 4.98 Å². The fraction of sp³-hybridized carbons (Fsp3) is 0.111. The standard InChI is InChI=1S/C18H16ClN3O2S/c1-11-13(19)6-4-7-14(11)21-17(23)9-24-16-8-3-2-5-12(16)15-10-25-18(20)22-15/h2-8,10H,9H2,1H3,(H2,20,22)(H,21,23). The van der Waals surface area contributed by atoms with Gasteiger partial charge in [0, 0.05) is 21.7 Å². The molecule has 0 bridgehead atoms. The van der Waals surface area contributed by atoms with Crippen molar-refractivity contribution in [2.24, 2.45) is 0 Å². The number of anilines is 2. The van der Waals surface area contributed by atoms with Gasteiger partial charge >= 0.3 is 0 Å². The number of halogens is 1. The predicted octanol–water partition coefficient (Wildman–Crippen LogP) is 4.37. The number of carbonyl (C=O) groups excluding carboxylic acids is 1. The van der Waals surface area contributed by atoms with Crippen molar-refractivity contribution in [2.45, 2.75) is 6.92 Å². The van der Waals surface area contributed by atoms with Gasteiger partial charge in [-0.3, -0.25) is 4.79 Å². The molecule has 1 amide bonds. The summed E-state index contributed by atoms with van der Waals surface area (Å²) in [5.74, 6) is 0.309. The number of rotatable bonds is 5. The van der Waals surface area contributed by atoms with Crippen molar-refractivity contribution in [2.75, 3.05) is 17.7 Å². The van der Waals surface area contributed by atoms with Gasteiger partial charge in [-0.15, -0.1) is 11.3 Å². The Kier molecular flexibility index (Phi) is 5.21.